The molecule has 0 aliphatic rings. The predicted molar refractivity (Wildman–Crippen MR) is 73.0 cm³/mol. The Labute approximate surface area is 102 Å². The van der Waals surface area contributed by atoms with Crippen molar-refractivity contribution in [2.45, 2.75) is 46.6 Å². The van der Waals surface area contributed by atoms with Gasteiger partial charge in [0.2, 0.25) is 0 Å². The van der Waals surface area contributed by atoms with Crippen LogP contribution in [0.1, 0.15) is 41.0 Å². The van der Waals surface area contributed by atoms with Crippen LogP contribution in [-0.2, 0) is 0 Å². The molecule has 0 rings (SSSR count). The standard InChI is InChI=1S/C13H31N3/c1-6-11-16(7-2)12-10-14-8-9-15-13(3,4)5/h14-15H,6-12H2,1-5H3. The third-order valence-electron chi connectivity index (χ3n) is 2.55. The monoisotopic (exact) mass is 229 g/mol. The molecule has 0 fully saturated rings. The molecular weight excluding hydrogens is 198 g/mol. The van der Waals surface area contributed by atoms with Gasteiger partial charge in [0.15, 0.2) is 0 Å². The van der Waals surface area contributed by atoms with Crippen LogP contribution in [0.2, 0.25) is 0 Å². The highest BCUT2D eigenvalue weighted by Crippen LogP contribution is 1.96. The fourth-order valence-corrected chi connectivity index (χ4v) is 1.63. The smallest absolute Gasteiger partial charge is 0.0107 e. The van der Waals surface area contributed by atoms with Crippen LogP contribution >= 0.6 is 0 Å². The first kappa shape index (κ1) is 15.9. The van der Waals surface area contributed by atoms with Crippen LogP contribution < -0.4 is 10.6 Å². The molecule has 16 heavy (non-hydrogen) atoms. The van der Waals surface area contributed by atoms with Gasteiger partial charge < -0.3 is 15.5 Å². The summed E-state index contributed by atoms with van der Waals surface area (Å²) in [5.41, 5.74) is 0.235. The molecule has 98 valence electrons. The molecule has 0 saturated heterocycles. The van der Waals surface area contributed by atoms with Crippen molar-refractivity contribution >= 4 is 0 Å². The lowest BCUT2D eigenvalue weighted by atomic mass is 10.1. The highest BCUT2D eigenvalue weighted by molar-refractivity contribution is 4.70. The third-order valence-corrected chi connectivity index (χ3v) is 2.55. The first-order valence-corrected chi connectivity index (χ1v) is 6.67. The average molecular weight is 229 g/mol. The van der Waals surface area contributed by atoms with E-state index in [1.54, 1.807) is 0 Å². The summed E-state index contributed by atoms with van der Waals surface area (Å²) in [5, 5.41) is 6.95. The minimum absolute atomic E-state index is 0.235. The van der Waals surface area contributed by atoms with Gasteiger partial charge in [0.25, 0.3) is 0 Å². The molecule has 0 radical (unpaired) electrons. The summed E-state index contributed by atoms with van der Waals surface area (Å²) in [6, 6.07) is 0. The Hall–Kier alpha value is -0.120. The Bertz CT molecular complexity index is 152. The Balaban J connectivity index is 3.32. The largest absolute Gasteiger partial charge is 0.314 e. The van der Waals surface area contributed by atoms with Gasteiger partial charge in [0.05, 0.1) is 0 Å². The molecule has 0 spiro atoms. The Morgan fingerprint density at radius 3 is 2.12 bits per heavy atom. The van der Waals surface area contributed by atoms with E-state index in [0.717, 1.165) is 26.2 Å². The van der Waals surface area contributed by atoms with Crippen molar-refractivity contribution in [3.05, 3.63) is 0 Å². The van der Waals surface area contributed by atoms with E-state index < -0.39 is 0 Å². The highest BCUT2D eigenvalue weighted by atomic mass is 15.1. The van der Waals surface area contributed by atoms with Gasteiger partial charge in [-0.15, -0.1) is 0 Å². The Morgan fingerprint density at radius 1 is 0.938 bits per heavy atom. The normalized spacial score (nSPS) is 12.4. The quantitative estimate of drug-likeness (QED) is 0.589. The molecule has 0 aliphatic carbocycles. The molecule has 2 N–H and O–H groups in total. The second-order valence-electron chi connectivity index (χ2n) is 5.36. The van der Waals surface area contributed by atoms with Gasteiger partial charge in [-0.1, -0.05) is 13.8 Å². The molecule has 0 heterocycles. The van der Waals surface area contributed by atoms with Gasteiger partial charge in [0.1, 0.15) is 0 Å². The first-order chi connectivity index (χ1) is 7.49. The SMILES string of the molecule is CCCN(CC)CCNCCNC(C)(C)C. The summed E-state index contributed by atoms with van der Waals surface area (Å²) in [4.78, 5) is 2.49. The van der Waals surface area contributed by atoms with Crippen molar-refractivity contribution in [2.75, 3.05) is 39.3 Å². The summed E-state index contributed by atoms with van der Waals surface area (Å²) in [5.74, 6) is 0. The predicted octanol–water partition coefficient (Wildman–Crippen LogP) is 1.70. The molecule has 0 aromatic carbocycles. The Kier molecular flexibility index (Phi) is 8.90. The minimum atomic E-state index is 0.235. The average Bonchev–Trinajstić information content (AvgIpc) is 2.20. The van der Waals surface area contributed by atoms with Gasteiger partial charge in [-0.05, 0) is 40.3 Å². The summed E-state index contributed by atoms with van der Waals surface area (Å²) in [7, 11) is 0. The van der Waals surface area contributed by atoms with E-state index >= 15 is 0 Å². The van der Waals surface area contributed by atoms with Crippen LogP contribution in [0.3, 0.4) is 0 Å². The first-order valence-electron chi connectivity index (χ1n) is 6.67. The van der Waals surface area contributed by atoms with Crippen LogP contribution in [0.4, 0.5) is 0 Å². The summed E-state index contributed by atoms with van der Waals surface area (Å²) in [6.45, 7) is 17.8. The maximum Gasteiger partial charge on any atom is 0.0107 e. The van der Waals surface area contributed by atoms with Gasteiger partial charge in [0, 0.05) is 31.7 Å². The number of likely N-dealkylation sites (N-methyl/N-ethyl adjacent to an activating group) is 1. The second-order valence-corrected chi connectivity index (χ2v) is 5.36. The van der Waals surface area contributed by atoms with E-state index in [4.69, 9.17) is 0 Å². The zero-order valence-corrected chi connectivity index (χ0v) is 11.9. The summed E-state index contributed by atoms with van der Waals surface area (Å²) in [6.07, 6.45) is 1.25. The topological polar surface area (TPSA) is 27.3 Å². The molecule has 0 aromatic rings. The minimum Gasteiger partial charge on any atom is -0.314 e. The Morgan fingerprint density at radius 2 is 1.62 bits per heavy atom. The van der Waals surface area contributed by atoms with Crippen molar-refractivity contribution in [2.24, 2.45) is 0 Å². The van der Waals surface area contributed by atoms with E-state index in [9.17, 15) is 0 Å². The van der Waals surface area contributed by atoms with Crippen LogP contribution in [0, 0.1) is 0 Å². The lowest BCUT2D eigenvalue weighted by Gasteiger charge is -2.22. The van der Waals surface area contributed by atoms with E-state index in [-0.39, 0.29) is 5.54 Å². The van der Waals surface area contributed by atoms with Crippen LogP contribution in [-0.4, -0.2) is 49.7 Å². The maximum absolute atomic E-state index is 3.48. The van der Waals surface area contributed by atoms with E-state index in [0.29, 0.717) is 0 Å². The maximum atomic E-state index is 3.48. The molecule has 0 unspecified atom stereocenters. The zero-order chi connectivity index (χ0) is 12.4. The van der Waals surface area contributed by atoms with Crippen LogP contribution in [0.15, 0.2) is 0 Å². The summed E-state index contributed by atoms with van der Waals surface area (Å²) >= 11 is 0. The summed E-state index contributed by atoms with van der Waals surface area (Å²) < 4.78 is 0. The van der Waals surface area contributed by atoms with E-state index in [1.165, 1.54) is 19.5 Å². The van der Waals surface area contributed by atoms with Gasteiger partial charge in [-0.25, -0.2) is 0 Å². The van der Waals surface area contributed by atoms with E-state index in [2.05, 4.69) is 50.2 Å². The fourth-order valence-electron chi connectivity index (χ4n) is 1.63. The van der Waals surface area contributed by atoms with Crippen molar-refractivity contribution in [1.29, 1.82) is 0 Å². The highest BCUT2D eigenvalue weighted by Gasteiger charge is 2.06. The van der Waals surface area contributed by atoms with Crippen molar-refractivity contribution in [3.63, 3.8) is 0 Å². The molecular formula is C13H31N3. The van der Waals surface area contributed by atoms with Gasteiger partial charge in [-0.3, -0.25) is 0 Å². The van der Waals surface area contributed by atoms with E-state index in [1.807, 2.05) is 0 Å². The fraction of sp³-hybridized carbons (Fsp3) is 1.00. The van der Waals surface area contributed by atoms with Crippen LogP contribution in [0.25, 0.3) is 0 Å². The third kappa shape index (κ3) is 10.4. The molecule has 3 nitrogen and oxygen atoms in total. The second kappa shape index (κ2) is 8.97. The van der Waals surface area contributed by atoms with Crippen molar-refractivity contribution in [3.8, 4) is 0 Å². The number of nitrogens with one attached hydrogen (secondary N) is 2. The molecule has 0 saturated carbocycles. The molecule has 0 bridgehead atoms. The number of hydrogen-bond donors (Lipinski definition) is 2. The molecule has 0 aliphatic heterocycles. The number of rotatable bonds is 9. The van der Waals surface area contributed by atoms with Crippen molar-refractivity contribution in [1.82, 2.24) is 15.5 Å². The molecule has 0 aromatic heterocycles. The molecule has 0 atom stereocenters. The zero-order valence-electron chi connectivity index (χ0n) is 11.9. The van der Waals surface area contributed by atoms with Crippen molar-refractivity contribution < 1.29 is 0 Å². The lowest BCUT2D eigenvalue weighted by molar-refractivity contribution is 0.287. The van der Waals surface area contributed by atoms with Gasteiger partial charge in [-0.2, -0.15) is 0 Å². The number of nitrogens with zero attached hydrogens (tertiary/aromatic N) is 1. The van der Waals surface area contributed by atoms with Gasteiger partial charge >= 0.3 is 0 Å². The van der Waals surface area contributed by atoms with Crippen LogP contribution in [0.5, 0.6) is 0 Å². The molecule has 3 heteroatoms. The lowest BCUT2D eigenvalue weighted by Crippen LogP contribution is -2.41. The number of hydrogen-bond acceptors (Lipinski definition) is 3. The molecule has 0 amide bonds.